The van der Waals surface area contributed by atoms with Crippen molar-refractivity contribution in [3.05, 3.63) is 34.8 Å². The summed E-state index contributed by atoms with van der Waals surface area (Å²) in [5, 5.41) is 0.543. The number of halogens is 2. The summed E-state index contributed by atoms with van der Waals surface area (Å²) in [6, 6.07) is 4.59. The fourth-order valence-electron chi connectivity index (χ4n) is 1.36. The van der Waals surface area contributed by atoms with E-state index in [2.05, 4.69) is 0 Å². The van der Waals surface area contributed by atoms with E-state index in [0.717, 1.165) is 0 Å². The van der Waals surface area contributed by atoms with Crippen molar-refractivity contribution >= 4 is 28.4 Å². The van der Waals surface area contributed by atoms with Crippen LogP contribution in [0.1, 0.15) is 23.9 Å². The monoisotopic (exact) mass is 226 g/mol. The van der Waals surface area contributed by atoms with Crippen LogP contribution < -0.4 is 0 Å². The molecule has 1 aromatic heterocycles. The molecule has 0 amide bonds. The fraction of sp³-hybridized carbons (Fsp3) is 0.182. The quantitative estimate of drug-likeness (QED) is 0.729. The molecule has 0 saturated heterocycles. The van der Waals surface area contributed by atoms with Gasteiger partial charge in [-0.15, -0.1) is 0 Å². The molecule has 0 aliphatic heterocycles. The molecular weight excluding hydrogens is 219 g/mol. The summed E-state index contributed by atoms with van der Waals surface area (Å²) >= 11 is 5.59. The van der Waals surface area contributed by atoms with Gasteiger partial charge in [-0.1, -0.05) is 18.5 Å². The summed E-state index contributed by atoms with van der Waals surface area (Å²) in [4.78, 5) is 11.3. The van der Waals surface area contributed by atoms with Gasteiger partial charge in [0.1, 0.15) is 0 Å². The predicted molar refractivity (Wildman–Crippen MR) is 55.8 cm³/mol. The number of hydrogen-bond donors (Lipinski definition) is 0. The summed E-state index contributed by atoms with van der Waals surface area (Å²) in [5.74, 6) is -0.597. The Labute approximate surface area is 90.6 Å². The van der Waals surface area contributed by atoms with Crippen molar-refractivity contribution in [2.24, 2.45) is 0 Å². The highest BCUT2D eigenvalue weighted by molar-refractivity contribution is 6.31. The lowest BCUT2D eigenvalue weighted by molar-refractivity contribution is 0.0963. The average molecular weight is 227 g/mol. The van der Waals surface area contributed by atoms with E-state index in [1.807, 2.05) is 0 Å². The van der Waals surface area contributed by atoms with Crippen molar-refractivity contribution in [3.8, 4) is 0 Å². The van der Waals surface area contributed by atoms with Gasteiger partial charge in [0.2, 0.25) is 0 Å². The fourth-order valence-corrected chi connectivity index (χ4v) is 1.51. The first kappa shape index (κ1) is 10.2. The minimum absolute atomic E-state index is 0.00709. The highest BCUT2D eigenvalue weighted by Gasteiger charge is 2.14. The second kappa shape index (κ2) is 3.66. The van der Waals surface area contributed by atoms with Gasteiger partial charge in [-0.2, -0.15) is 0 Å². The van der Waals surface area contributed by atoms with Crippen molar-refractivity contribution in [1.29, 1.82) is 0 Å². The highest BCUT2D eigenvalue weighted by Crippen LogP contribution is 2.27. The van der Waals surface area contributed by atoms with Gasteiger partial charge >= 0.3 is 0 Å². The van der Waals surface area contributed by atoms with Crippen LogP contribution in [0.5, 0.6) is 0 Å². The topological polar surface area (TPSA) is 30.2 Å². The summed E-state index contributed by atoms with van der Waals surface area (Å²) in [6.45, 7) is 1.72. The molecule has 0 aliphatic carbocycles. The van der Waals surface area contributed by atoms with Crippen LogP contribution >= 0.6 is 11.6 Å². The van der Waals surface area contributed by atoms with E-state index in [4.69, 9.17) is 16.0 Å². The van der Waals surface area contributed by atoms with Crippen LogP contribution in [0.3, 0.4) is 0 Å². The van der Waals surface area contributed by atoms with Gasteiger partial charge in [-0.05, 0) is 18.2 Å². The second-order valence-corrected chi connectivity index (χ2v) is 3.57. The van der Waals surface area contributed by atoms with Crippen LogP contribution in [-0.4, -0.2) is 5.78 Å². The lowest BCUT2D eigenvalue weighted by atomic mass is 10.2. The van der Waals surface area contributed by atoms with E-state index >= 15 is 0 Å². The maximum absolute atomic E-state index is 13.4. The predicted octanol–water partition coefficient (Wildman–Crippen LogP) is 3.82. The normalized spacial score (nSPS) is 10.9. The maximum Gasteiger partial charge on any atom is 0.197 e. The molecule has 0 N–H and O–H groups in total. The first-order valence-electron chi connectivity index (χ1n) is 4.54. The number of carbonyl (C=O) groups excluding carboxylic acids is 1. The molecule has 0 saturated carbocycles. The number of rotatable bonds is 2. The third kappa shape index (κ3) is 1.63. The number of ketones is 1. The van der Waals surface area contributed by atoms with Crippen LogP contribution in [0.25, 0.3) is 11.0 Å². The number of hydrogen-bond acceptors (Lipinski definition) is 2. The summed E-state index contributed by atoms with van der Waals surface area (Å²) in [5.41, 5.74) is 0.0410. The summed E-state index contributed by atoms with van der Waals surface area (Å²) in [7, 11) is 0. The van der Waals surface area contributed by atoms with E-state index < -0.39 is 5.82 Å². The third-order valence-electron chi connectivity index (χ3n) is 2.17. The Balaban J connectivity index is 2.66. The Hall–Kier alpha value is -1.35. The first-order valence-corrected chi connectivity index (χ1v) is 4.92. The molecule has 0 unspecified atom stereocenters. The third-order valence-corrected chi connectivity index (χ3v) is 2.47. The van der Waals surface area contributed by atoms with Gasteiger partial charge in [0.25, 0.3) is 0 Å². The number of fused-ring (bicyclic) bond motifs is 1. The minimum atomic E-state index is -0.621. The lowest BCUT2D eigenvalue weighted by Crippen LogP contribution is -1.92. The zero-order valence-electron chi connectivity index (χ0n) is 8.01. The number of benzene rings is 1. The van der Waals surface area contributed by atoms with E-state index in [0.29, 0.717) is 11.8 Å². The molecule has 0 aliphatic rings. The zero-order chi connectivity index (χ0) is 11.0. The molecule has 2 aromatic rings. The molecule has 0 atom stereocenters. The molecule has 1 aromatic carbocycles. The molecule has 0 spiro atoms. The Bertz CT molecular complexity index is 531. The van der Waals surface area contributed by atoms with E-state index in [9.17, 15) is 9.18 Å². The lowest BCUT2D eigenvalue weighted by Gasteiger charge is -1.93. The van der Waals surface area contributed by atoms with Gasteiger partial charge in [0.15, 0.2) is 22.9 Å². The molecule has 2 rings (SSSR count). The molecule has 0 bridgehead atoms. The van der Waals surface area contributed by atoms with Crippen LogP contribution in [-0.2, 0) is 0 Å². The first-order chi connectivity index (χ1) is 7.13. The Morgan fingerprint density at radius 2 is 2.27 bits per heavy atom. The van der Waals surface area contributed by atoms with Crippen molar-refractivity contribution in [2.45, 2.75) is 13.3 Å². The van der Waals surface area contributed by atoms with Crippen molar-refractivity contribution < 1.29 is 13.6 Å². The van der Waals surface area contributed by atoms with Crippen LogP contribution in [0, 0.1) is 5.82 Å². The number of furan rings is 1. The van der Waals surface area contributed by atoms with Crippen LogP contribution in [0.2, 0.25) is 5.02 Å². The summed E-state index contributed by atoms with van der Waals surface area (Å²) < 4.78 is 18.6. The standard InChI is InChI=1S/C11H8ClFO2/c1-2-8(14)9-5-6-3-4-7(12)10(13)11(6)15-9/h3-5H,2H2,1H3. The van der Waals surface area contributed by atoms with Crippen molar-refractivity contribution in [2.75, 3.05) is 0 Å². The molecule has 1 heterocycles. The number of Topliss-reactive ketones (excluding diaryl/α,β-unsaturated/α-hetero) is 1. The highest BCUT2D eigenvalue weighted by atomic mass is 35.5. The smallest absolute Gasteiger partial charge is 0.197 e. The molecule has 2 nitrogen and oxygen atoms in total. The number of carbonyl (C=O) groups is 1. The van der Waals surface area contributed by atoms with E-state index in [-0.39, 0.29) is 22.1 Å². The van der Waals surface area contributed by atoms with E-state index in [1.165, 1.54) is 12.1 Å². The second-order valence-electron chi connectivity index (χ2n) is 3.17. The van der Waals surface area contributed by atoms with E-state index in [1.54, 1.807) is 13.0 Å². The SMILES string of the molecule is CCC(=O)c1cc2ccc(Cl)c(F)c2o1. The Morgan fingerprint density at radius 1 is 1.53 bits per heavy atom. The van der Waals surface area contributed by atoms with Crippen molar-refractivity contribution in [3.63, 3.8) is 0 Å². The van der Waals surface area contributed by atoms with Crippen molar-refractivity contribution in [1.82, 2.24) is 0 Å². The zero-order valence-corrected chi connectivity index (χ0v) is 8.77. The van der Waals surface area contributed by atoms with Gasteiger partial charge in [-0.3, -0.25) is 4.79 Å². The maximum atomic E-state index is 13.4. The summed E-state index contributed by atoms with van der Waals surface area (Å²) in [6.07, 6.45) is 0.329. The van der Waals surface area contributed by atoms with Gasteiger partial charge in [0, 0.05) is 11.8 Å². The molecule has 78 valence electrons. The average Bonchev–Trinajstić information content (AvgIpc) is 2.67. The Morgan fingerprint density at radius 3 is 2.93 bits per heavy atom. The Kier molecular flexibility index (Phi) is 2.49. The van der Waals surface area contributed by atoms with Crippen LogP contribution in [0.4, 0.5) is 4.39 Å². The largest absolute Gasteiger partial charge is 0.450 e. The molecular formula is C11H8ClFO2. The van der Waals surface area contributed by atoms with Gasteiger partial charge in [0.05, 0.1) is 5.02 Å². The van der Waals surface area contributed by atoms with Crippen LogP contribution in [0.15, 0.2) is 22.6 Å². The van der Waals surface area contributed by atoms with Gasteiger partial charge in [-0.25, -0.2) is 4.39 Å². The minimum Gasteiger partial charge on any atom is -0.450 e. The molecule has 15 heavy (non-hydrogen) atoms. The molecule has 0 fully saturated rings. The van der Waals surface area contributed by atoms with Gasteiger partial charge < -0.3 is 4.42 Å². The molecule has 0 radical (unpaired) electrons. The molecule has 4 heteroatoms.